The van der Waals surface area contributed by atoms with Crippen molar-refractivity contribution in [2.75, 3.05) is 18.7 Å². The van der Waals surface area contributed by atoms with Gasteiger partial charge in [0.2, 0.25) is 12.7 Å². The Bertz CT molecular complexity index is 934. The van der Waals surface area contributed by atoms with Gasteiger partial charge in [-0.3, -0.25) is 14.5 Å². The predicted octanol–water partition coefficient (Wildman–Crippen LogP) is 2.77. The highest BCUT2D eigenvalue weighted by molar-refractivity contribution is 6.32. The lowest BCUT2D eigenvalue weighted by Gasteiger charge is -2.23. The summed E-state index contributed by atoms with van der Waals surface area (Å²) in [5.41, 5.74) is 7.48. The van der Waals surface area contributed by atoms with Crippen LogP contribution in [0.15, 0.2) is 36.4 Å². The van der Waals surface area contributed by atoms with Crippen LogP contribution in [-0.4, -0.2) is 36.1 Å². The quantitative estimate of drug-likeness (QED) is 0.803. The van der Waals surface area contributed by atoms with Gasteiger partial charge < -0.3 is 20.5 Å². The second-order valence-electron chi connectivity index (χ2n) is 6.83. The average Bonchev–Trinajstić information content (AvgIpc) is 3.32. The summed E-state index contributed by atoms with van der Waals surface area (Å²) in [4.78, 5) is 26.5. The maximum atomic E-state index is 12.8. The highest BCUT2D eigenvalue weighted by Crippen LogP contribution is 2.40. The van der Waals surface area contributed by atoms with E-state index in [1.54, 1.807) is 12.1 Å². The molecule has 146 valence electrons. The monoisotopic (exact) mass is 401 g/mol. The lowest BCUT2D eigenvalue weighted by molar-refractivity contribution is -0.122. The highest BCUT2D eigenvalue weighted by atomic mass is 35.5. The van der Waals surface area contributed by atoms with Crippen LogP contribution in [0.1, 0.15) is 28.8 Å². The van der Waals surface area contributed by atoms with Crippen LogP contribution in [0, 0.1) is 0 Å². The van der Waals surface area contributed by atoms with E-state index in [0.29, 0.717) is 34.3 Å². The molecule has 2 amide bonds. The molecule has 1 unspecified atom stereocenters. The summed E-state index contributed by atoms with van der Waals surface area (Å²) in [6.07, 6.45) is 1.69. The van der Waals surface area contributed by atoms with Crippen molar-refractivity contribution >= 4 is 29.1 Å². The summed E-state index contributed by atoms with van der Waals surface area (Å²) < 4.78 is 10.6. The number of nitrogens with one attached hydrogen (secondary N) is 1. The predicted molar refractivity (Wildman–Crippen MR) is 105 cm³/mol. The van der Waals surface area contributed by atoms with Crippen LogP contribution in [0.3, 0.4) is 0 Å². The van der Waals surface area contributed by atoms with Gasteiger partial charge in [-0.1, -0.05) is 29.8 Å². The minimum Gasteiger partial charge on any atom is -0.454 e. The van der Waals surface area contributed by atoms with Crippen LogP contribution in [-0.2, 0) is 11.3 Å². The fraction of sp³-hybridized carbons (Fsp3) is 0.300. The molecule has 3 N–H and O–H groups in total. The van der Waals surface area contributed by atoms with Gasteiger partial charge in [-0.25, -0.2) is 0 Å². The molecule has 7 nitrogen and oxygen atoms in total. The van der Waals surface area contributed by atoms with E-state index in [0.717, 1.165) is 24.9 Å². The number of amides is 2. The number of benzene rings is 2. The van der Waals surface area contributed by atoms with E-state index < -0.39 is 0 Å². The van der Waals surface area contributed by atoms with Crippen molar-refractivity contribution in [2.24, 2.45) is 5.73 Å². The fourth-order valence-corrected chi connectivity index (χ4v) is 3.89. The standard InChI is InChI=1S/C20H20ClN3O4/c21-14-8-13(9-17-18(14)28-11-27-17)20(26)23-15-5-2-1-4-12(15)10-24-7-3-6-16(24)19(22)25/h1-2,4-5,8-9,16H,3,6-7,10-11H2,(H2,22,25)(H,23,26). The van der Waals surface area contributed by atoms with E-state index in [-0.39, 0.29) is 24.6 Å². The van der Waals surface area contributed by atoms with Gasteiger partial charge in [0.25, 0.3) is 5.91 Å². The molecule has 0 saturated carbocycles. The number of ether oxygens (including phenoxy) is 2. The van der Waals surface area contributed by atoms with Gasteiger partial charge in [0.15, 0.2) is 11.5 Å². The number of halogens is 1. The fourth-order valence-electron chi connectivity index (χ4n) is 3.63. The van der Waals surface area contributed by atoms with Gasteiger partial charge in [-0.05, 0) is 43.1 Å². The summed E-state index contributed by atoms with van der Waals surface area (Å²) >= 11 is 6.18. The summed E-state index contributed by atoms with van der Waals surface area (Å²) in [5.74, 6) is 0.284. The molecule has 1 fully saturated rings. The van der Waals surface area contributed by atoms with Crippen LogP contribution in [0.2, 0.25) is 5.02 Å². The minimum atomic E-state index is -0.311. The molecule has 2 aromatic rings. The maximum absolute atomic E-state index is 12.8. The summed E-state index contributed by atoms with van der Waals surface area (Å²) in [5, 5.41) is 3.25. The first kappa shape index (κ1) is 18.6. The maximum Gasteiger partial charge on any atom is 0.255 e. The van der Waals surface area contributed by atoms with Gasteiger partial charge in [-0.15, -0.1) is 0 Å². The molecule has 2 aromatic carbocycles. The Kier molecular flexibility index (Phi) is 5.11. The van der Waals surface area contributed by atoms with E-state index in [2.05, 4.69) is 5.32 Å². The topological polar surface area (TPSA) is 93.9 Å². The summed E-state index contributed by atoms with van der Waals surface area (Å²) in [7, 11) is 0. The third-order valence-electron chi connectivity index (χ3n) is 5.02. The van der Waals surface area contributed by atoms with E-state index in [4.69, 9.17) is 26.8 Å². The molecule has 1 atom stereocenters. The number of para-hydroxylation sites is 1. The number of nitrogens with two attached hydrogens (primary N) is 1. The van der Waals surface area contributed by atoms with Gasteiger partial charge in [0, 0.05) is 17.8 Å². The molecule has 8 heteroatoms. The van der Waals surface area contributed by atoms with E-state index in [9.17, 15) is 9.59 Å². The third kappa shape index (κ3) is 3.63. The van der Waals surface area contributed by atoms with Crippen LogP contribution in [0.25, 0.3) is 0 Å². The minimum absolute atomic E-state index is 0.0832. The van der Waals surface area contributed by atoms with Gasteiger partial charge in [0.1, 0.15) is 0 Å². The Hall–Kier alpha value is -2.77. The molecule has 1 saturated heterocycles. The summed E-state index contributed by atoms with van der Waals surface area (Å²) in [6.45, 7) is 1.42. The lowest BCUT2D eigenvalue weighted by atomic mass is 10.1. The molecule has 0 bridgehead atoms. The summed E-state index contributed by atoms with van der Waals surface area (Å²) in [6, 6.07) is 10.4. The SMILES string of the molecule is NC(=O)C1CCCN1Cc1ccccc1NC(=O)c1cc(Cl)c2c(c1)OCO2. The Labute approximate surface area is 167 Å². The van der Waals surface area contributed by atoms with E-state index in [1.165, 1.54) is 0 Å². The molecular formula is C20H20ClN3O4. The number of carbonyl (C=O) groups excluding carboxylic acids is 2. The Morgan fingerprint density at radius 2 is 2.07 bits per heavy atom. The number of likely N-dealkylation sites (tertiary alicyclic amines) is 1. The van der Waals surface area contributed by atoms with Crippen LogP contribution >= 0.6 is 11.6 Å². The van der Waals surface area contributed by atoms with Gasteiger partial charge in [0.05, 0.1) is 11.1 Å². The number of rotatable bonds is 5. The number of hydrogen-bond acceptors (Lipinski definition) is 5. The first-order valence-corrected chi connectivity index (χ1v) is 9.42. The van der Waals surface area contributed by atoms with Crippen LogP contribution < -0.4 is 20.5 Å². The smallest absolute Gasteiger partial charge is 0.255 e. The zero-order chi connectivity index (χ0) is 19.7. The van der Waals surface area contributed by atoms with Crippen molar-refractivity contribution in [2.45, 2.75) is 25.4 Å². The molecule has 0 radical (unpaired) electrons. The van der Waals surface area contributed by atoms with Crippen molar-refractivity contribution in [3.63, 3.8) is 0 Å². The number of fused-ring (bicyclic) bond motifs is 1. The number of hydrogen-bond donors (Lipinski definition) is 2. The van der Waals surface area contributed by atoms with Crippen molar-refractivity contribution < 1.29 is 19.1 Å². The molecular weight excluding hydrogens is 382 g/mol. The first-order chi connectivity index (χ1) is 13.5. The second-order valence-corrected chi connectivity index (χ2v) is 7.24. The molecule has 2 aliphatic rings. The number of nitrogens with zero attached hydrogens (tertiary/aromatic N) is 1. The molecule has 2 heterocycles. The van der Waals surface area contributed by atoms with Crippen molar-refractivity contribution in [1.82, 2.24) is 4.90 Å². The van der Waals surface area contributed by atoms with Crippen LogP contribution in [0.4, 0.5) is 5.69 Å². The number of anilines is 1. The largest absolute Gasteiger partial charge is 0.454 e. The van der Waals surface area contributed by atoms with Gasteiger partial charge >= 0.3 is 0 Å². The third-order valence-corrected chi connectivity index (χ3v) is 5.30. The Morgan fingerprint density at radius 3 is 2.89 bits per heavy atom. The van der Waals surface area contributed by atoms with Crippen LogP contribution in [0.5, 0.6) is 11.5 Å². The van der Waals surface area contributed by atoms with Crippen molar-refractivity contribution in [1.29, 1.82) is 0 Å². The zero-order valence-electron chi connectivity index (χ0n) is 15.1. The highest BCUT2D eigenvalue weighted by Gasteiger charge is 2.29. The second kappa shape index (κ2) is 7.69. The molecule has 0 aliphatic carbocycles. The lowest BCUT2D eigenvalue weighted by Crippen LogP contribution is -2.39. The molecule has 0 spiro atoms. The Balaban J connectivity index is 1.53. The Morgan fingerprint density at radius 1 is 1.25 bits per heavy atom. The zero-order valence-corrected chi connectivity index (χ0v) is 15.9. The van der Waals surface area contributed by atoms with Crippen molar-refractivity contribution in [3.05, 3.63) is 52.5 Å². The normalized spacial score (nSPS) is 18.2. The van der Waals surface area contributed by atoms with Gasteiger partial charge in [-0.2, -0.15) is 0 Å². The molecule has 28 heavy (non-hydrogen) atoms. The number of carbonyl (C=O) groups is 2. The molecule has 4 rings (SSSR count). The average molecular weight is 402 g/mol. The van der Waals surface area contributed by atoms with Crippen molar-refractivity contribution in [3.8, 4) is 11.5 Å². The number of primary amides is 1. The van der Waals surface area contributed by atoms with E-state index in [1.807, 2.05) is 29.2 Å². The molecule has 0 aromatic heterocycles. The first-order valence-electron chi connectivity index (χ1n) is 9.04. The van der Waals surface area contributed by atoms with E-state index >= 15 is 0 Å². The molecule has 2 aliphatic heterocycles.